The zero-order valence-electron chi connectivity index (χ0n) is 11.1. The van der Waals surface area contributed by atoms with Crippen LogP contribution in [0.25, 0.3) is 0 Å². The summed E-state index contributed by atoms with van der Waals surface area (Å²) in [6.45, 7) is 8.16. The van der Waals surface area contributed by atoms with Crippen molar-refractivity contribution in [2.24, 2.45) is 5.73 Å². The lowest BCUT2D eigenvalue weighted by atomic mass is 10.0. The molecule has 1 aliphatic heterocycles. The summed E-state index contributed by atoms with van der Waals surface area (Å²) in [6.07, 6.45) is 0.283. The lowest BCUT2D eigenvalue weighted by molar-refractivity contribution is -0.0691. The van der Waals surface area contributed by atoms with Crippen LogP contribution < -0.4 is 5.73 Å². The molecule has 1 aromatic rings. The van der Waals surface area contributed by atoms with Crippen LogP contribution in [0, 0.1) is 0 Å². The highest BCUT2D eigenvalue weighted by Gasteiger charge is 2.33. The first-order valence-electron chi connectivity index (χ1n) is 6.37. The Morgan fingerprint density at radius 3 is 2.78 bits per heavy atom. The SMILES string of the molecule is CC1CN(C(c2ccc(Br)s2)C(C)N)C(C)CO1. The lowest BCUT2D eigenvalue weighted by Crippen LogP contribution is -2.52. The van der Waals surface area contributed by atoms with E-state index in [1.54, 1.807) is 11.3 Å². The Hall–Kier alpha value is 0.0600. The molecule has 0 bridgehead atoms. The number of nitrogens with zero attached hydrogens (tertiary/aromatic N) is 1. The van der Waals surface area contributed by atoms with Gasteiger partial charge in [0.15, 0.2) is 0 Å². The van der Waals surface area contributed by atoms with Crippen molar-refractivity contribution < 1.29 is 4.74 Å². The molecule has 2 N–H and O–H groups in total. The molecule has 0 radical (unpaired) electrons. The first-order chi connectivity index (χ1) is 8.49. The molecule has 0 spiro atoms. The van der Waals surface area contributed by atoms with Gasteiger partial charge in [-0.15, -0.1) is 11.3 Å². The number of nitrogens with two attached hydrogens (primary N) is 1. The molecular formula is C13H21BrN2OS. The Morgan fingerprint density at radius 2 is 2.22 bits per heavy atom. The average molecular weight is 333 g/mol. The van der Waals surface area contributed by atoms with Gasteiger partial charge in [0.05, 0.1) is 22.5 Å². The number of hydrogen-bond acceptors (Lipinski definition) is 4. The van der Waals surface area contributed by atoms with Crippen LogP contribution in [-0.2, 0) is 4.74 Å². The minimum absolute atomic E-state index is 0.114. The van der Waals surface area contributed by atoms with Crippen LogP contribution in [0.1, 0.15) is 31.7 Å². The molecule has 0 aliphatic carbocycles. The minimum Gasteiger partial charge on any atom is -0.376 e. The Labute approximate surface area is 121 Å². The quantitative estimate of drug-likeness (QED) is 0.924. The fraction of sp³-hybridized carbons (Fsp3) is 0.692. The fourth-order valence-corrected chi connectivity index (χ4v) is 4.19. The number of halogens is 1. The number of thiophene rings is 1. The summed E-state index contributed by atoms with van der Waals surface area (Å²) in [4.78, 5) is 3.81. The normalized spacial score (nSPS) is 29.2. The molecule has 1 aromatic heterocycles. The third kappa shape index (κ3) is 3.14. The third-order valence-electron chi connectivity index (χ3n) is 3.40. The summed E-state index contributed by atoms with van der Waals surface area (Å²) in [5, 5.41) is 0. The van der Waals surface area contributed by atoms with Crippen LogP contribution in [0.3, 0.4) is 0 Å². The topological polar surface area (TPSA) is 38.5 Å². The Bertz CT molecular complexity index is 396. The van der Waals surface area contributed by atoms with E-state index in [2.05, 4.69) is 53.7 Å². The van der Waals surface area contributed by atoms with E-state index in [9.17, 15) is 0 Å². The van der Waals surface area contributed by atoms with Crippen LogP contribution in [0.4, 0.5) is 0 Å². The first kappa shape index (κ1) is 14.5. The second kappa shape index (κ2) is 6.01. The molecule has 3 nitrogen and oxygen atoms in total. The summed E-state index contributed by atoms with van der Waals surface area (Å²) < 4.78 is 6.87. The first-order valence-corrected chi connectivity index (χ1v) is 7.98. The second-order valence-electron chi connectivity index (χ2n) is 5.14. The minimum atomic E-state index is 0.114. The highest BCUT2D eigenvalue weighted by molar-refractivity contribution is 9.11. The van der Waals surface area contributed by atoms with Gasteiger partial charge < -0.3 is 10.5 Å². The van der Waals surface area contributed by atoms with Gasteiger partial charge in [-0.1, -0.05) is 0 Å². The van der Waals surface area contributed by atoms with Crippen molar-refractivity contribution in [3.05, 3.63) is 20.8 Å². The summed E-state index contributed by atoms with van der Waals surface area (Å²) >= 11 is 5.31. The molecule has 2 rings (SSSR count). The molecule has 18 heavy (non-hydrogen) atoms. The number of hydrogen-bond donors (Lipinski definition) is 1. The summed E-state index contributed by atoms with van der Waals surface area (Å²) in [5.41, 5.74) is 6.23. The lowest BCUT2D eigenvalue weighted by Gasteiger charge is -2.43. The summed E-state index contributed by atoms with van der Waals surface area (Å²) in [7, 11) is 0. The van der Waals surface area contributed by atoms with E-state index in [1.165, 1.54) is 4.88 Å². The molecule has 5 heteroatoms. The molecule has 4 unspecified atom stereocenters. The molecular weight excluding hydrogens is 312 g/mol. The number of rotatable bonds is 3. The van der Waals surface area contributed by atoms with E-state index in [1.807, 2.05) is 0 Å². The van der Waals surface area contributed by atoms with Gasteiger partial charge in [0.25, 0.3) is 0 Å². The van der Waals surface area contributed by atoms with Gasteiger partial charge in [0, 0.05) is 23.5 Å². The molecule has 0 aromatic carbocycles. The van der Waals surface area contributed by atoms with Crippen LogP contribution in [0.15, 0.2) is 15.9 Å². The summed E-state index contributed by atoms with van der Waals surface area (Å²) in [5.74, 6) is 0. The number of morpholine rings is 1. The van der Waals surface area contributed by atoms with Crippen molar-refractivity contribution in [1.29, 1.82) is 0 Å². The summed E-state index contributed by atoms with van der Waals surface area (Å²) in [6, 6.07) is 5.09. The Kier molecular flexibility index (Phi) is 4.83. The molecule has 1 fully saturated rings. The van der Waals surface area contributed by atoms with Gasteiger partial charge in [0.1, 0.15) is 0 Å². The maximum Gasteiger partial charge on any atom is 0.0702 e. The fourth-order valence-electron chi connectivity index (χ4n) is 2.53. The van der Waals surface area contributed by atoms with E-state index in [-0.39, 0.29) is 18.2 Å². The molecule has 1 saturated heterocycles. The van der Waals surface area contributed by atoms with Gasteiger partial charge in [-0.05, 0) is 48.8 Å². The van der Waals surface area contributed by atoms with Gasteiger partial charge in [-0.25, -0.2) is 0 Å². The van der Waals surface area contributed by atoms with Crippen molar-refractivity contribution in [1.82, 2.24) is 4.90 Å². The maximum atomic E-state index is 6.23. The van der Waals surface area contributed by atoms with Crippen LogP contribution in [0.2, 0.25) is 0 Å². The predicted octanol–water partition coefficient (Wildman–Crippen LogP) is 3.01. The predicted molar refractivity (Wildman–Crippen MR) is 80.0 cm³/mol. The van der Waals surface area contributed by atoms with Crippen molar-refractivity contribution in [2.75, 3.05) is 13.2 Å². The largest absolute Gasteiger partial charge is 0.376 e. The standard InChI is InChI=1S/C13H21BrN2OS/c1-8-7-17-9(2)6-16(8)13(10(3)15)11-4-5-12(14)18-11/h4-5,8-10,13H,6-7,15H2,1-3H3. The molecule has 0 saturated carbocycles. The van der Waals surface area contributed by atoms with E-state index in [0.717, 1.165) is 16.9 Å². The van der Waals surface area contributed by atoms with Gasteiger partial charge >= 0.3 is 0 Å². The van der Waals surface area contributed by atoms with Crippen molar-refractivity contribution in [2.45, 2.75) is 45.0 Å². The third-order valence-corrected chi connectivity index (χ3v) is 5.09. The van der Waals surface area contributed by atoms with E-state index in [4.69, 9.17) is 10.5 Å². The van der Waals surface area contributed by atoms with Crippen molar-refractivity contribution in [3.63, 3.8) is 0 Å². The number of ether oxygens (including phenoxy) is 1. The molecule has 1 aliphatic rings. The maximum absolute atomic E-state index is 6.23. The molecule has 4 atom stereocenters. The van der Waals surface area contributed by atoms with Crippen molar-refractivity contribution in [3.8, 4) is 0 Å². The van der Waals surface area contributed by atoms with Gasteiger partial charge in [0.2, 0.25) is 0 Å². The Morgan fingerprint density at radius 1 is 1.50 bits per heavy atom. The molecule has 0 amide bonds. The van der Waals surface area contributed by atoms with E-state index in [0.29, 0.717) is 6.04 Å². The van der Waals surface area contributed by atoms with E-state index < -0.39 is 0 Å². The zero-order valence-corrected chi connectivity index (χ0v) is 13.5. The van der Waals surface area contributed by atoms with Crippen molar-refractivity contribution >= 4 is 27.3 Å². The van der Waals surface area contributed by atoms with Gasteiger partial charge in [-0.3, -0.25) is 4.90 Å². The average Bonchev–Trinajstić information content (AvgIpc) is 2.70. The monoisotopic (exact) mass is 332 g/mol. The smallest absolute Gasteiger partial charge is 0.0702 e. The Balaban J connectivity index is 2.24. The zero-order chi connectivity index (χ0) is 13.3. The van der Waals surface area contributed by atoms with Crippen LogP contribution in [-0.4, -0.2) is 36.2 Å². The van der Waals surface area contributed by atoms with E-state index >= 15 is 0 Å². The second-order valence-corrected chi connectivity index (χ2v) is 7.63. The highest BCUT2D eigenvalue weighted by Crippen LogP contribution is 2.34. The highest BCUT2D eigenvalue weighted by atomic mass is 79.9. The molecule has 102 valence electrons. The molecule has 2 heterocycles. The van der Waals surface area contributed by atoms with Crippen LogP contribution in [0.5, 0.6) is 0 Å². The van der Waals surface area contributed by atoms with Gasteiger partial charge in [-0.2, -0.15) is 0 Å². The van der Waals surface area contributed by atoms with Crippen LogP contribution >= 0.6 is 27.3 Å².